The van der Waals surface area contributed by atoms with Crippen LogP contribution in [0.5, 0.6) is 5.88 Å². The molecule has 1 amide bonds. The predicted octanol–water partition coefficient (Wildman–Crippen LogP) is 1.32. The van der Waals surface area contributed by atoms with Gasteiger partial charge in [-0.3, -0.25) is 9.63 Å². The first-order valence-corrected chi connectivity index (χ1v) is 9.83. The van der Waals surface area contributed by atoms with Crippen molar-refractivity contribution in [2.45, 2.75) is 50.9 Å². The van der Waals surface area contributed by atoms with Crippen molar-refractivity contribution in [2.24, 2.45) is 0 Å². The van der Waals surface area contributed by atoms with Gasteiger partial charge >= 0.3 is 0 Å². The smallest absolute Gasteiger partial charge is 0.284 e. The fourth-order valence-corrected chi connectivity index (χ4v) is 3.12. The average molecular weight is 427 g/mol. The zero-order valence-corrected chi connectivity index (χ0v) is 17.3. The number of hydrogen-bond acceptors (Lipinski definition) is 9. The van der Waals surface area contributed by atoms with Crippen molar-refractivity contribution in [3.05, 3.63) is 35.4 Å². The minimum atomic E-state index is -1.15. The summed E-state index contributed by atoms with van der Waals surface area (Å²) >= 11 is 0. The van der Waals surface area contributed by atoms with Gasteiger partial charge in [-0.05, 0) is 38.8 Å². The van der Waals surface area contributed by atoms with Crippen LogP contribution < -0.4 is 16.0 Å². The van der Waals surface area contributed by atoms with Crippen molar-refractivity contribution in [3.63, 3.8) is 0 Å². The van der Waals surface area contributed by atoms with Crippen LogP contribution in [0.4, 0.5) is 5.82 Å². The molecule has 1 fully saturated rings. The van der Waals surface area contributed by atoms with Crippen molar-refractivity contribution in [1.29, 1.82) is 5.26 Å². The molecule has 10 nitrogen and oxygen atoms in total. The van der Waals surface area contributed by atoms with Gasteiger partial charge in [-0.1, -0.05) is 12.1 Å². The summed E-state index contributed by atoms with van der Waals surface area (Å²) in [5.41, 5.74) is 7.99. The number of nitrogens with two attached hydrogens (primary N) is 1. The zero-order chi connectivity index (χ0) is 22.6. The Morgan fingerprint density at radius 2 is 2.16 bits per heavy atom. The summed E-state index contributed by atoms with van der Waals surface area (Å²) in [6, 6.07) is 8.69. The number of aliphatic hydroxyl groups is 2. The number of nitrogens with one attached hydrogen (secondary N) is 1. The van der Waals surface area contributed by atoms with E-state index in [4.69, 9.17) is 20.6 Å². The number of amides is 1. The first-order chi connectivity index (χ1) is 14.7. The Labute approximate surface area is 179 Å². The molecule has 2 atom stereocenters. The van der Waals surface area contributed by atoms with Crippen LogP contribution in [0, 0.1) is 11.3 Å². The number of nitrogens with zero attached hydrogens (tertiary/aromatic N) is 3. The van der Waals surface area contributed by atoms with Gasteiger partial charge in [-0.15, -0.1) is 0 Å². The fraction of sp³-hybridized carbons (Fsp3) is 0.429. The highest BCUT2D eigenvalue weighted by Crippen LogP contribution is 2.30. The van der Waals surface area contributed by atoms with E-state index in [1.807, 2.05) is 6.07 Å². The molecule has 1 aliphatic carbocycles. The highest BCUT2D eigenvalue weighted by atomic mass is 16.7. The molecule has 0 radical (unpaired) electrons. The molecule has 1 heterocycles. The number of carbonyl (C=O) groups excluding carboxylic acids is 1. The minimum Gasteiger partial charge on any atom is -0.474 e. The van der Waals surface area contributed by atoms with Gasteiger partial charge in [0, 0.05) is 12.0 Å². The second-order valence-corrected chi connectivity index (χ2v) is 8.04. The van der Waals surface area contributed by atoms with E-state index in [-0.39, 0.29) is 35.8 Å². The number of nitrogen functional groups attached to an aromatic ring is 1. The third kappa shape index (κ3) is 5.88. The summed E-state index contributed by atoms with van der Waals surface area (Å²) < 4.78 is 5.92. The van der Waals surface area contributed by atoms with Gasteiger partial charge in [0.15, 0.2) is 5.82 Å². The Morgan fingerprint density at radius 3 is 2.81 bits per heavy atom. The second kappa shape index (κ2) is 9.26. The summed E-state index contributed by atoms with van der Waals surface area (Å²) in [4.78, 5) is 26.4. The number of rotatable bonds is 7. The molecule has 3 rings (SSSR count). The summed E-state index contributed by atoms with van der Waals surface area (Å²) in [6.45, 7) is 2.91. The van der Waals surface area contributed by atoms with E-state index in [1.165, 1.54) is 13.8 Å². The lowest BCUT2D eigenvalue weighted by molar-refractivity contribution is -0.0523. The van der Waals surface area contributed by atoms with Gasteiger partial charge in [-0.2, -0.15) is 10.2 Å². The molecule has 31 heavy (non-hydrogen) atoms. The molecule has 0 spiro atoms. The molecule has 10 heteroatoms. The van der Waals surface area contributed by atoms with Gasteiger partial charge in [-0.25, -0.2) is 10.5 Å². The number of aromatic nitrogens is 2. The van der Waals surface area contributed by atoms with Crippen LogP contribution in [0.25, 0.3) is 11.4 Å². The normalized spacial score (nSPS) is 18.4. The molecule has 0 saturated heterocycles. The number of nitriles is 1. The Bertz CT molecular complexity index is 999. The molecule has 0 aliphatic heterocycles. The van der Waals surface area contributed by atoms with E-state index in [2.05, 4.69) is 15.4 Å². The number of hydroxylamine groups is 1. The molecule has 2 aromatic rings. The summed E-state index contributed by atoms with van der Waals surface area (Å²) in [6.07, 6.45) is 0.758. The lowest BCUT2D eigenvalue weighted by Crippen LogP contribution is -2.34. The van der Waals surface area contributed by atoms with Crippen molar-refractivity contribution in [1.82, 2.24) is 15.4 Å². The molecule has 0 bridgehead atoms. The van der Waals surface area contributed by atoms with Crippen molar-refractivity contribution < 1.29 is 24.6 Å². The number of benzene rings is 1. The Hall–Kier alpha value is -3.26. The molecule has 0 unspecified atom stereocenters. The van der Waals surface area contributed by atoms with Crippen LogP contribution in [0.1, 0.15) is 49.0 Å². The van der Waals surface area contributed by atoms with E-state index in [9.17, 15) is 15.0 Å². The van der Waals surface area contributed by atoms with Crippen LogP contribution >= 0.6 is 0 Å². The van der Waals surface area contributed by atoms with E-state index < -0.39 is 17.6 Å². The standard InChI is InChI=1S/C21H25N5O5/c1-21(2,29)11-30-26-19(28)16-17(23)24-18(13-5-3-4-12(8-13)10-22)25-20(16)31-15-7-6-14(27)9-15/h3-5,8,14-15,27,29H,6-7,9,11H2,1-2H3,(H,26,28)(H2,23,24,25)/t14-,15+/m0/s1. The monoisotopic (exact) mass is 427 g/mol. The van der Waals surface area contributed by atoms with Gasteiger partial charge in [0.25, 0.3) is 5.91 Å². The first kappa shape index (κ1) is 22.4. The first-order valence-electron chi connectivity index (χ1n) is 9.83. The van der Waals surface area contributed by atoms with Crippen molar-refractivity contribution in [2.75, 3.05) is 12.3 Å². The molecule has 1 aromatic carbocycles. The molecular weight excluding hydrogens is 402 g/mol. The molecular formula is C21H25N5O5. The van der Waals surface area contributed by atoms with Gasteiger partial charge < -0.3 is 20.7 Å². The maximum atomic E-state index is 12.7. The fourth-order valence-electron chi connectivity index (χ4n) is 3.12. The van der Waals surface area contributed by atoms with Crippen LogP contribution in [-0.4, -0.2) is 50.5 Å². The van der Waals surface area contributed by atoms with Crippen LogP contribution in [0.15, 0.2) is 24.3 Å². The highest BCUT2D eigenvalue weighted by molar-refractivity contribution is 6.00. The maximum Gasteiger partial charge on any atom is 0.284 e. The van der Waals surface area contributed by atoms with Gasteiger partial charge in [0.1, 0.15) is 24.1 Å². The van der Waals surface area contributed by atoms with Crippen LogP contribution in [0.2, 0.25) is 0 Å². The topological polar surface area (TPSA) is 164 Å². The maximum absolute atomic E-state index is 12.7. The van der Waals surface area contributed by atoms with E-state index >= 15 is 0 Å². The minimum absolute atomic E-state index is 0.0479. The lowest BCUT2D eigenvalue weighted by Gasteiger charge is -2.19. The van der Waals surface area contributed by atoms with E-state index in [0.717, 1.165) is 0 Å². The lowest BCUT2D eigenvalue weighted by atomic mass is 10.1. The van der Waals surface area contributed by atoms with Gasteiger partial charge in [0.2, 0.25) is 5.88 Å². The number of anilines is 1. The molecule has 164 valence electrons. The van der Waals surface area contributed by atoms with Crippen LogP contribution in [-0.2, 0) is 4.84 Å². The SMILES string of the molecule is CC(C)(O)CONC(=O)c1c(N)nc(-c2cccc(C#N)c2)nc1O[C@@H]1CC[C@H](O)C1. The molecule has 1 saturated carbocycles. The Kier molecular flexibility index (Phi) is 6.70. The van der Waals surface area contributed by atoms with Gasteiger partial charge in [0.05, 0.1) is 23.3 Å². The molecule has 1 aromatic heterocycles. The van der Waals surface area contributed by atoms with E-state index in [0.29, 0.717) is 30.4 Å². The van der Waals surface area contributed by atoms with Crippen LogP contribution in [0.3, 0.4) is 0 Å². The third-order valence-electron chi connectivity index (χ3n) is 4.61. The molecule has 1 aliphatic rings. The van der Waals surface area contributed by atoms with Crippen molar-refractivity contribution >= 4 is 11.7 Å². The number of carbonyl (C=O) groups is 1. The number of ether oxygens (including phenoxy) is 1. The highest BCUT2D eigenvalue weighted by Gasteiger charge is 2.29. The Balaban J connectivity index is 1.94. The third-order valence-corrected chi connectivity index (χ3v) is 4.61. The summed E-state index contributed by atoms with van der Waals surface area (Å²) in [5, 5.41) is 28.7. The Morgan fingerprint density at radius 1 is 1.39 bits per heavy atom. The van der Waals surface area contributed by atoms with E-state index in [1.54, 1.807) is 24.3 Å². The number of aliphatic hydroxyl groups excluding tert-OH is 1. The summed E-state index contributed by atoms with van der Waals surface area (Å²) in [7, 11) is 0. The predicted molar refractivity (Wildman–Crippen MR) is 111 cm³/mol. The quantitative estimate of drug-likeness (QED) is 0.477. The summed E-state index contributed by atoms with van der Waals surface area (Å²) in [5.74, 6) is -0.719. The number of hydrogen-bond donors (Lipinski definition) is 4. The average Bonchev–Trinajstić information content (AvgIpc) is 3.11. The van der Waals surface area contributed by atoms with Crippen molar-refractivity contribution in [3.8, 4) is 23.3 Å². The second-order valence-electron chi connectivity index (χ2n) is 8.04. The zero-order valence-electron chi connectivity index (χ0n) is 17.3. The molecule has 5 N–H and O–H groups in total. The largest absolute Gasteiger partial charge is 0.474 e.